The number of rotatable bonds is 5. The Morgan fingerprint density at radius 2 is 2.19 bits per heavy atom. The molecule has 0 spiro atoms. The second-order valence-electron chi connectivity index (χ2n) is 6.44. The van der Waals surface area contributed by atoms with Gasteiger partial charge in [-0.15, -0.1) is 16.4 Å². The van der Waals surface area contributed by atoms with Gasteiger partial charge in [0.2, 0.25) is 5.91 Å². The molecule has 0 aliphatic carbocycles. The van der Waals surface area contributed by atoms with Crippen molar-refractivity contribution in [2.24, 2.45) is 0 Å². The molecule has 3 aromatic rings. The SMILES string of the molecule is CCN1CCc2nc(NC(=O)CCn3nnc4ccccc4c3=O)sc2C1. The number of likely N-dealkylation sites (N-methyl/N-ethyl adjacent to an activating group) is 1. The summed E-state index contributed by atoms with van der Waals surface area (Å²) in [5.74, 6) is -0.185. The Hall–Kier alpha value is -2.65. The van der Waals surface area contributed by atoms with Gasteiger partial charge in [-0.25, -0.2) is 9.67 Å². The maximum absolute atomic E-state index is 12.4. The van der Waals surface area contributed by atoms with E-state index in [9.17, 15) is 9.59 Å². The molecule has 4 rings (SSSR count). The fraction of sp³-hybridized carbons (Fsp3) is 0.389. The molecule has 0 atom stereocenters. The fourth-order valence-electron chi connectivity index (χ4n) is 3.13. The number of carbonyl (C=O) groups excluding carboxylic acids is 1. The maximum atomic E-state index is 12.4. The van der Waals surface area contributed by atoms with Crippen LogP contribution in [0.25, 0.3) is 10.9 Å². The number of benzene rings is 1. The molecule has 1 aliphatic rings. The van der Waals surface area contributed by atoms with Gasteiger partial charge in [-0.2, -0.15) is 0 Å². The van der Waals surface area contributed by atoms with Gasteiger partial charge in [0.25, 0.3) is 5.56 Å². The first-order valence-corrected chi connectivity index (χ1v) is 9.79. The Balaban J connectivity index is 1.40. The molecule has 0 radical (unpaired) electrons. The highest BCUT2D eigenvalue weighted by atomic mass is 32.1. The zero-order valence-corrected chi connectivity index (χ0v) is 15.8. The van der Waals surface area contributed by atoms with Crippen LogP contribution in [0.1, 0.15) is 23.9 Å². The van der Waals surface area contributed by atoms with Gasteiger partial charge >= 0.3 is 0 Å². The lowest BCUT2D eigenvalue weighted by molar-refractivity contribution is -0.116. The number of nitrogens with one attached hydrogen (secondary N) is 1. The van der Waals surface area contributed by atoms with Crippen molar-refractivity contribution in [2.75, 3.05) is 18.4 Å². The molecule has 8 nitrogen and oxygen atoms in total. The van der Waals surface area contributed by atoms with E-state index < -0.39 is 0 Å². The van der Waals surface area contributed by atoms with Crippen molar-refractivity contribution in [3.63, 3.8) is 0 Å². The number of aryl methyl sites for hydroxylation is 1. The highest BCUT2D eigenvalue weighted by Crippen LogP contribution is 2.28. The Kier molecular flexibility index (Phi) is 4.95. The number of amides is 1. The second-order valence-corrected chi connectivity index (χ2v) is 7.52. The van der Waals surface area contributed by atoms with Crippen LogP contribution in [0, 0.1) is 0 Å². The molecule has 0 bridgehead atoms. The number of aromatic nitrogens is 4. The third-order valence-corrected chi connectivity index (χ3v) is 5.68. The zero-order chi connectivity index (χ0) is 18.8. The average molecular weight is 384 g/mol. The summed E-state index contributed by atoms with van der Waals surface area (Å²) >= 11 is 1.53. The molecule has 1 N–H and O–H groups in total. The third-order valence-electron chi connectivity index (χ3n) is 4.68. The molecular weight excluding hydrogens is 364 g/mol. The first-order valence-electron chi connectivity index (χ1n) is 8.97. The van der Waals surface area contributed by atoms with Crippen LogP contribution in [0.2, 0.25) is 0 Å². The summed E-state index contributed by atoms with van der Waals surface area (Å²) in [5, 5.41) is 11.9. The van der Waals surface area contributed by atoms with Gasteiger partial charge in [0.05, 0.1) is 17.6 Å². The number of carbonyl (C=O) groups is 1. The minimum absolute atomic E-state index is 0.137. The minimum Gasteiger partial charge on any atom is -0.302 e. The van der Waals surface area contributed by atoms with E-state index >= 15 is 0 Å². The van der Waals surface area contributed by atoms with E-state index in [1.165, 1.54) is 20.9 Å². The van der Waals surface area contributed by atoms with E-state index in [4.69, 9.17) is 0 Å². The third kappa shape index (κ3) is 3.74. The fourth-order valence-corrected chi connectivity index (χ4v) is 4.20. The molecule has 0 unspecified atom stereocenters. The number of hydrogen-bond acceptors (Lipinski definition) is 7. The molecule has 1 aromatic carbocycles. The monoisotopic (exact) mass is 384 g/mol. The van der Waals surface area contributed by atoms with Crippen LogP contribution in [0.3, 0.4) is 0 Å². The number of hydrogen-bond donors (Lipinski definition) is 1. The number of thiazole rings is 1. The molecule has 2 aromatic heterocycles. The van der Waals surface area contributed by atoms with Crippen molar-refractivity contribution in [2.45, 2.75) is 32.9 Å². The van der Waals surface area contributed by atoms with E-state index in [2.05, 4.69) is 32.4 Å². The first-order chi connectivity index (χ1) is 13.1. The molecule has 27 heavy (non-hydrogen) atoms. The Bertz CT molecular complexity index is 1040. The van der Waals surface area contributed by atoms with Crippen LogP contribution in [-0.2, 0) is 24.3 Å². The van der Waals surface area contributed by atoms with Crippen LogP contribution in [0.15, 0.2) is 29.1 Å². The molecule has 140 valence electrons. The molecule has 0 saturated heterocycles. The molecule has 9 heteroatoms. The number of nitrogens with zero attached hydrogens (tertiary/aromatic N) is 5. The highest BCUT2D eigenvalue weighted by Gasteiger charge is 2.20. The predicted molar refractivity (Wildman–Crippen MR) is 104 cm³/mol. The van der Waals surface area contributed by atoms with Gasteiger partial charge in [-0.1, -0.05) is 24.3 Å². The van der Waals surface area contributed by atoms with Crippen molar-refractivity contribution in [1.82, 2.24) is 24.9 Å². The topological polar surface area (TPSA) is 93.0 Å². The number of fused-ring (bicyclic) bond motifs is 2. The molecule has 1 amide bonds. The molecule has 1 aliphatic heterocycles. The van der Waals surface area contributed by atoms with Gasteiger partial charge in [-0.05, 0) is 18.7 Å². The summed E-state index contributed by atoms with van der Waals surface area (Å²) in [6.07, 6.45) is 1.05. The molecule has 3 heterocycles. The van der Waals surface area contributed by atoms with Crippen molar-refractivity contribution in [3.8, 4) is 0 Å². The predicted octanol–water partition coefficient (Wildman–Crippen LogP) is 1.65. The van der Waals surface area contributed by atoms with E-state index in [1.807, 2.05) is 6.07 Å². The van der Waals surface area contributed by atoms with Gasteiger partial charge in [0.15, 0.2) is 5.13 Å². The van der Waals surface area contributed by atoms with Crippen LogP contribution in [0.5, 0.6) is 0 Å². The van der Waals surface area contributed by atoms with Gasteiger partial charge in [-0.3, -0.25) is 14.5 Å². The summed E-state index contributed by atoms with van der Waals surface area (Å²) < 4.78 is 1.23. The molecule has 0 fully saturated rings. The lowest BCUT2D eigenvalue weighted by Crippen LogP contribution is -2.29. The highest BCUT2D eigenvalue weighted by molar-refractivity contribution is 7.15. The van der Waals surface area contributed by atoms with Crippen molar-refractivity contribution >= 4 is 33.3 Å². The van der Waals surface area contributed by atoms with E-state index in [0.717, 1.165) is 31.7 Å². The van der Waals surface area contributed by atoms with Crippen LogP contribution in [0.4, 0.5) is 5.13 Å². The standard InChI is InChI=1S/C18H20N6O2S/c1-2-23-9-7-14-15(11-23)27-18(19-14)20-16(25)8-10-24-17(26)12-5-3-4-6-13(12)21-22-24/h3-6H,2,7-11H2,1H3,(H,19,20,25). The van der Waals surface area contributed by atoms with E-state index in [-0.39, 0.29) is 24.4 Å². The van der Waals surface area contributed by atoms with Gasteiger partial charge < -0.3 is 5.32 Å². The quantitative estimate of drug-likeness (QED) is 0.719. The van der Waals surface area contributed by atoms with Gasteiger partial charge in [0.1, 0.15) is 5.52 Å². The summed E-state index contributed by atoms with van der Waals surface area (Å²) in [6, 6.07) is 7.04. The van der Waals surface area contributed by atoms with E-state index in [0.29, 0.717) is 16.0 Å². The summed E-state index contributed by atoms with van der Waals surface area (Å²) in [6.45, 7) is 5.23. The van der Waals surface area contributed by atoms with Crippen molar-refractivity contribution < 1.29 is 4.79 Å². The van der Waals surface area contributed by atoms with E-state index in [1.54, 1.807) is 18.2 Å². The van der Waals surface area contributed by atoms with Crippen molar-refractivity contribution in [1.29, 1.82) is 0 Å². The zero-order valence-electron chi connectivity index (χ0n) is 15.0. The minimum atomic E-state index is -0.238. The largest absolute Gasteiger partial charge is 0.302 e. The smallest absolute Gasteiger partial charge is 0.277 e. The summed E-state index contributed by atoms with van der Waals surface area (Å²) in [5.41, 5.74) is 1.40. The Labute approximate surface area is 159 Å². The first kappa shape index (κ1) is 17.7. The Morgan fingerprint density at radius 3 is 3.04 bits per heavy atom. The average Bonchev–Trinajstić information content (AvgIpc) is 3.08. The second kappa shape index (κ2) is 7.53. The summed E-state index contributed by atoms with van der Waals surface area (Å²) in [4.78, 5) is 32.8. The van der Waals surface area contributed by atoms with Gasteiger partial charge in [0, 0.05) is 30.8 Å². The normalized spacial score (nSPS) is 14.3. The lowest BCUT2D eigenvalue weighted by atomic mass is 10.2. The van der Waals surface area contributed by atoms with Crippen molar-refractivity contribution in [3.05, 3.63) is 45.2 Å². The number of anilines is 1. The maximum Gasteiger partial charge on any atom is 0.277 e. The van der Waals surface area contributed by atoms with Crippen LogP contribution < -0.4 is 10.9 Å². The Morgan fingerprint density at radius 1 is 1.33 bits per heavy atom. The van der Waals surface area contributed by atoms with Crippen LogP contribution >= 0.6 is 11.3 Å². The molecular formula is C18H20N6O2S. The summed E-state index contributed by atoms with van der Waals surface area (Å²) in [7, 11) is 0. The van der Waals surface area contributed by atoms with Crippen LogP contribution in [-0.4, -0.2) is 43.9 Å². The molecule has 0 saturated carbocycles. The lowest BCUT2D eigenvalue weighted by Gasteiger charge is -2.23.